The molecule has 0 aliphatic rings. The van der Waals surface area contributed by atoms with E-state index in [1.807, 2.05) is 0 Å². The predicted octanol–water partition coefficient (Wildman–Crippen LogP) is 1.57. The molecule has 0 saturated heterocycles. The van der Waals surface area contributed by atoms with Gasteiger partial charge in [0.05, 0.1) is 24.3 Å². The minimum atomic E-state index is -4.46. The number of rotatable bonds is 5. The maximum absolute atomic E-state index is 12.4. The van der Waals surface area contributed by atoms with Crippen molar-refractivity contribution in [3.63, 3.8) is 0 Å². The molecule has 20 heavy (non-hydrogen) atoms. The van der Waals surface area contributed by atoms with Gasteiger partial charge in [0.15, 0.2) is 0 Å². The molecule has 0 spiro atoms. The molecule has 0 heterocycles. The van der Waals surface area contributed by atoms with Crippen molar-refractivity contribution in [1.29, 1.82) is 0 Å². The van der Waals surface area contributed by atoms with Crippen LogP contribution in [-0.2, 0) is 6.18 Å². The standard InChI is InChI=1S/C13H16F3NO3/c1-2-12(7-18,8-19)17-11(20)9-3-5-10(6-4-9)13(14,15)16/h3-6,18-19H,2,7-8H2,1H3,(H,17,20). The molecule has 0 aliphatic heterocycles. The third-order valence-electron chi connectivity index (χ3n) is 3.14. The summed E-state index contributed by atoms with van der Waals surface area (Å²) in [5.74, 6) is -0.649. The quantitative estimate of drug-likeness (QED) is 0.771. The summed E-state index contributed by atoms with van der Waals surface area (Å²) in [6.45, 7) is 0.734. The third-order valence-corrected chi connectivity index (χ3v) is 3.14. The zero-order valence-electron chi connectivity index (χ0n) is 10.9. The van der Waals surface area contributed by atoms with Gasteiger partial charge >= 0.3 is 6.18 Å². The minimum Gasteiger partial charge on any atom is -0.394 e. The zero-order valence-corrected chi connectivity index (χ0v) is 10.9. The van der Waals surface area contributed by atoms with Crippen molar-refractivity contribution in [3.05, 3.63) is 35.4 Å². The van der Waals surface area contributed by atoms with Crippen LogP contribution in [-0.4, -0.2) is 34.9 Å². The first-order chi connectivity index (χ1) is 9.28. The van der Waals surface area contributed by atoms with E-state index in [-0.39, 0.29) is 12.0 Å². The summed E-state index contributed by atoms with van der Waals surface area (Å²) in [6, 6.07) is 3.71. The number of carbonyl (C=O) groups is 1. The van der Waals surface area contributed by atoms with Gasteiger partial charge in [0.2, 0.25) is 0 Å². The molecule has 0 atom stereocenters. The Balaban J connectivity index is 2.88. The lowest BCUT2D eigenvalue weighted by Gasteiger charge is -2.29. The Bertz CT molecular complexity index is 445. The van der Waals surface area contributed by atoms with Crippen molar-refractivity contribution in [1.82, 2.24) is 5.32 Å². The van der Waals surface area contributed by atoms with Gasteiger partial charge in [-0.25, -0.2) is 0 Å². The highest BCUT2D eigenvalue weighted by molar-refractivity contribution is 5.94. The Morgan fingerprint density at radius 2 is 1.65 bits per heavy atom. The number of hydrogen-bond donors (Lipinski definition) is 3. The second-order valence-corrected chi connectivity index (χ2v) is 4.48. The van der Waals surface area contributed by atoms with Gasteiger partial charge in [-0.2, -0.15) is 13.2 Å². The minimum absolute atomic E-state index is 0.0257. The van der Waals surface area contributed by atoms with Crippen LogP contribution in [0.5, 0.6) is 0 Å². The van der Waals surface area contributed by atoms with Crippen LogP contribution >= 0.6 is 0 Å². The van der Waals surface area contributed by atoms with Crippen molar-refractivity contribution in [3.8, 4) is 0 Å². The lowest BCUT2D eigenvalue weighted by molar-refractivity contribution is -0.137. The van der Waals surface area contributed by atoms with Gasteiger partial charge in [-0.15, -0.1) is 0 Å². The Hall–Kier alpha value is -1.60. The van der Waals surface area contributed by atoms with Crippen LogP contribution in [0.1, 0.15) is 29.3 Å². The van der Waals surface area contributed by atoms with Crippen LogP contribution in [0, 0.1) is 0 Å². The fourth-order valence-corrected chi connectivity index (χ4v) is 1.56. The summed E-state index contributed by atoms with van der Waals surface area (Å²) in [4.78, 5) is 11.9. The molecule has 0 fully saturated rings. The summed E-state index contributed by atoms with van der Waals surface area (Å²) in [6.07, 6.45) is -4.18. The first-order valence-electron chi connectivity index (χ1n) is 5.99. The first-order valence-corrected chi connectivity index (χ1v) is 5.99. The molecule has 0 aromatic heterocycles. The second-order valence-electron chi connectivity index (χ2n) is 4.48. The monoisotopic (exact) mass is 291 g/mol. The van der Waals surface area contributed by atoms with Crippen molar-refractivity contribution in [2.75, 3.05) is 13.2 Å². The summed E-state index contributed by atoms with van der Waals surface area (Å²) in [5.41, 5.74) is -2.00. The maximum atomic E-state index is 12.4. The Morgan fingerprint density at radius 1 is 1.15 bits per heavy atom. The predicted molar refractivity (Wildman–Crippen MR) is 66.1 cm³/mol. The summed E-state index contributed by atoms with van der Waals surface area (Å²) in [5, 5.41) is 20.8. The summed E-state index contributed by atoms with van der Waals surface area (Å²) < 4.78 is 37.2. The average molecular weight is 291 g/mol. The van der Waals surface area contributed by atoms with E-state index in [9.17, 15) is 28.2 Å². The van der Waals surface area contributed by atoms with Gasteiger partial charge in [0.1, 0.15) is 0 Å². The van der Waals surface area contributed by atoms with Gasteiger partial charge in [-0.3, -0.25) is 4.79 Å². The van der Waals surface area contributed by atoms with E-state index in [0.717, 1.165) is 24.3 Å². The number of alkyl halides is 3. The third kappa shape index (κ3) is 3.71. The molecule has 1 aromatic rings. The number of hydrogen-bond acceptors (Lipinski definition) is 3. The number of aliphatic hydroxyl groups is 2. The highest BCUT2D eigenvalue weighted by Gasteiger charge is 2.31. The highest BCUT2D eigenvalue weighted by Crippen LogP contribution is 2.29. The van der Waals surface area contributed by atoms with Crippen LogP contribution in [0.15, 0.2) is 24.3 Å². The van der Waals surface area contributed by atoms with E-state index in [4.69, 9.17) is 0 Å². The number of carbonyl (C=O) groups excluding carboxylic acids is 1. The van der Waals surface area contributed by atoms with Crippen LogP contribution in [0.4, 0.5) is 13.2 Å². The summed E-state index contributed by atoms with van der Waals surface area (Å²) >= 11 is 0. The number of nitrogens with one attached hydrogen (secondary N) is 1. The second kappa shape index (κ2) is 6.23. The van der Waals surface area contributed by atoms with Crippen molar-refractivity contribution < 1.29 is 28.2 Å². The Labute approximate surface area is 114 Å². The number of benzene rings is 1. The largest absolute Gasteiger partial charge is 0.416 e. The molecular weight excluding hydrogens is 275 g/mol. The van der Waals surface area contributed by atoms with Gasteiger partial charge in [-0.05, 0) is 30.7 Å². The molecule has 0 aliphatic carbocycles. The number of aliphatic hydroxyl groups excluding tert-OH is 2. The molecule has 112 valence electrons. The zero-order chi connectivity index (χ0) is 15.4. The van der Waals surface area contributed by atoms with E-state index >= 15 is 0 Å². The molecule has 1 aromatic carbocycles. The van der Waals surface area contributed by atoms with Crippen molar-refractivity contribution in [2.45, 2.75) is 25.1 Å². The van der Waals surface area contributed by atoms with Gasteiger partial charge in [0.25, 0.3) is 5.91 Å². The molecule has 0 radical (unpaired) electrons. The van der Waals surface area contributed by atoms with Crippen LogP contribution in [0.2, 0.25) is 0 Å². The van der Waals surface area contributed by atoms with Gasteiger partial charge < -0.3 is 15.5 Å². The fourth-order valence-electron chi connectivity index (χ4n) is 1.56. The molecule has 1 amide bonds. The van der Waals surface area contributed by atoms with Crippen LogP contribution in [0.25, 0.3) is 0 Å². The van der Waals surface area contributed by atoms with E-state index < -0.39 is 36.4 Å². The molecule has 7 heteroatoms. The molecule has 0 saturated carbocycles. The smallest absolute Gasteiger partial charge is 0.394 e. The molecule has 3 N–H and O–H groups in total. The van der Waals surface area contributed by atoms with E-state index in [0.29, 0.717) is 0 Å². The maximum Gasteiger partial charge on any atom is 0.416 e. The van der Waals surface area contributed by atoms with E-state index in [2.05, 4.69) is 5.32 Å². The van der Waals surface area contributed by atoms with E-state index in [1.54, 1.807) is 6.92 Å². The normalized spacial score (nSPS) is 12.3. The Kier molecular flexibility index (Phi) is 5.13. The Morgan fingerprint density at radius 3 is 2.00 bits per heavy atom. The highest BCUT2D eigenvalue weighted by atomic mass is 19.4. The number of halogens is 3. The fraction of sp³-hybridized carbons (Fsp3) is 0.462. The van der Waals surface area contributed by atoms with E-state index in [1.165, 1.54) is 0 Å². The topological polar surface area (TPSA) is 69.6 Å². The lowest BCUT2D eigenvalue weighted by atomic mass is 9.97. The molecular formula is C13H16F3NO3. The average Bonchev–Trinajstić information content (AvgIpc) is 2.44. The van der Waals surface area contributed by atoms with Crippen molar-refractivity contribution in [2.24, 2.45) is 0 Å². The van der Waals surface area contributed by atoms with Crippen molar-refractivity contribution >= 4 is 5.91 Å². The molecule has 4 nitrogen and oxygen atoms in total. The summed E-state index contributed by atoms with van der Waals surface area (Å²) in [7, 11) is 0. The SMILES string of the molecule is CCC(CO)(CO)NC(=O)c1ccc(C(F)(F)F)cc1. The molecule has 1 rings (SSSR count). The van der Waals surface area contributed by atoms with Gasteiger partial charge in [0, 0.05) is 5.56 Å². The lowest BCUT2D eigenvalue weighted by Crippen LogP contribution is -2.53. The van der Waals surface area contributed by atoms with Crippen LogP contribution in [0.3, 0.4) is 0 Å². The molecule has 0 bridgehead atoms. The molecule has 0 unspecified atom stereocenters. The van der Waals surface area contributed by atoms with Crippen LogP contribution < -0.4 is 5.32 Å². The number of amides is 1. The van der Waals surface area contributed by atoms with Gasteiger partial charge in [-0.1, -0.05) is 6.92 Å². The first kappa shape index (κ1) is 16.5.